The van der Waals surface area contributed by atoms with E-state index in [1.165, 1.54) is 5.56 Å². The lowest BCUT2D eigenvalue weighted by atomic mass is 10.0. The van der Waals surface area contributed by atoms with Gasteiger partial charge < -0.3 is 4.74 Å². The summed E-state index contributed by atoms with van der Waals surface area (Å²) in [7, 11) is -3.09. The van der Waals surface area contributed by atoms with Crippen LogP contribution in [-0.2, 0) is 10.0 Å². The van der Waals surface area contributed by atoms with Crippen molar-refractivity contribution >= 4 is 10.0 Å². The summed E-state index contributed by atoms with van der Waals surface area (Å²) in [6.45, 7) is 6.53. The SMILES string of the molecule is CCS(=O)(=O)N[C@H]1C[C@H]1COc1ccc(C(C)C)cc1. The lowest BCUT2D eigenvalue weighted by molar-refractivity contribution is 0.295. The number of ether oxygens (including phenoxy) is 1. The molecule has 0 unspecified atom stereocenters. The summed E-state index contributed by atoms with van der Waals surface area (Å²) in [5, 5.41) is 0. The molecule has 2 rings (SSSR count). The Hall–Kier alpha value is -1.07. The molecule has 0 amide bonds. The molecule has 20 heavy (non-hydrogen) atoms. The number of nitrogens with one attached hydrogen (secondary N) is 1. The van der Waals surface area contributed by atoms with Crippen molar-refractivity contribution in [2.45, 2.75) is 39.2 Å². The Morgan fingerprint density at radius 2 is 1.95 bits per heavy atom. The highest BCUT2D eigenvalue weighted by Crippen LogP contribution is 2.31. The fraction of sp³-hybridized carbons (Fsp3) is 0.600. The zero-order valence-corrected chi connectivity index (χ0v) is 13.1. The number of rotatable bonds is 7. The molecule has 5 heteroatoms. The molecule has 1 N–H and O–H groups in total. The summed E-state index contributed by atoms with van der Waals surface area (Å²) in [5.41, 5.74) is 1.29. The molecule has 0 radical (unpaired) electrons. The van der Waals surface area contributed by atoms with Gasteiger partial charge in [-0.05, 0) is 37.0 Å². The number of hydrogen-bond donors (Lipinski definition) is 1. The molecule has 0 bridgehead atoms. The summed E-state index contributed by atoms with van der Waals surface area (Å²) in [5.74, 6) is 1.79. The van der Waals surface area contributed by atoms with Crippen LogP contribution in [0.25, 0.3) is 0 Å². The first kappa shape index (κ1) is 15.3. The molecule has 1 aliphatic rings. The Morgan fingerprint density at radius 3 is 2.50 bits per heavy atom. The van der Waals surface area contributed by atoms with Gasteiger partial charge >= 0.3 is 0 Å². The van der Waals surface area contributed by atoms with E-state index in [0.717, 1.165) is 12.2 Å². The normalized spacial score (nSPS) is 22.0. The second-order valence-corrected chi connectivity index (χ2v) is 7.70. The quantitative estimate of drug-likeness (QED) is 0.841. The van der Waals surface area contributed by atoms with E-state index in [9.17, 15) is 8.42 Å². The van der Waals surface area contributed by atoms with E-state index in [-0.39, 0.29) is 11.8 Å². The van der Waals surface area contributed by atoms with E-state index < -0.39 is 10.0 Å². The van der Waals surface area contributed by atoms with Crippen molar-refractivity contribution in [3.63, 3.8) is 0 Å². The van der Waals surface area contributed by atoms with Crippen LogP contribution in [0.2, 0.25) is 0 Å². The van der Waals surface area contributed by atoms with Gasteiger partial charge in [-0.3, -0.25) is 0 Å². The van der Waals surface area contributed by atoms with Gasteiger partial charge in [0.15, 0.2) is 0 Å². The largest absolute Gasteiger partial charge is 0.493 e. The molecule has 1 aromatic rings. The van der Waals surface area contributed by atoms with Gasteiger partial charge in [-0.2, -0.15) is 0 Å². The molecular weight excluding hydrogens is 274 g/mol. The van der Waals surface area contributed by atoms with E-state index in [4.69, 9.17) is 4.74 Å². The van der Waals surface area contributed by atoms with Crippen LogP contribution < -0.4 is 9.46 Å². The van der Waals surface area contributed by atoms with E-state index in [1.807, 2.05) is 12.1 Å². The number of sulfonamides is 1. The minimum atomic E-state index is -3.09. The molecule has 0 saturated heterocycles. The zero-order chi connectivity index (χ0) is 14.8. The average molecular weight is 297 g/mol. The maximum Gasteiger partial charge on any atom is 0.211 e. The van der Waals surface area contributed by atoms with Gasteiger partial charge in [0.05, 0.1) is 12.4 Å². The fourth-order valence-electron chi connectivity index (χ4n) is 2.04. The first-order valence-electron chi connectivity index (χ1n) is 7.14. The summed E-state index contributed by atoms with van der Waals surface area (Å²) in [6, 6.07) is 8.15. The molecular formula is C15H23NO3S. The van der Waals surface area contributed by atoms with Crippen LogP contribution in [0.15, 0.2) is 24.3 Å². The van der Waals surface area contributed by atoms with Crippen LogP contribution in [-0.4, -0.2) is 26.8 Å². The van der Waals surface area contributed by atoms with Crippen LogP contribution in [0.1, 0.15) is 38.7 Å². The van der Waals surface area contributed by atoms with Gasteiger partial charge in [-0.25, -0.2) is 13.1 Å². The summed E-state index contributed by atoms with van der Waals surface area (Å²) < 4.78 is 31.2. The highest BCUT2D eigenvalue weighted by Gasteiger charge is 2.40. The average Bonchev–Trinajstić information content (AvgIpc) is 3.14. The van der Waals surface area contributed by atoms with Gasteiger partial charge in [0.1, 0.15) is 5.75 Å². The van der Waals surface area contributed by atoms with E-state index in [1.54, 1.807) is 6.92 Å². The van der Waals surface area contributed by atoms with Crippen molar-refractivity contribution in [1.29, 1.82) is 0 Å². The van der Waals surface area contributed by atoms with Crippen molar-refractivity contribution in [2.24, 2.45) is 5.92 Å². The molecule has 0 heterocycles. The van der Waals surface area contributed by atoms with E-state index in [0.29, 0.717) is 18.4 Å². The minimum absolute atomic E-state index is 0.0508. The third-order valence-corrected chi connectivity index (χ3v) is 5.07. The van der Waals surface area contributed by atoms with Crippen molar-refractivity contribution in [1.82, 2.24) is 4.72 Å². The van der Waals surface area contributed by atoms with E-state index in [2.05, 4.69) is 30.7 Å². The van der Waals surface area contributed by atoms with Crippen LogP contribution in [0.5, 0.6) is 5.75 Å². The van der Waals surface area contributed by atoms with Gasteiger partial charge in [0.25, 0.3) is 0 Å². The van der Waals surface area contributed by atoms with Gasteiger partial charge in [0, 0.05) is 12.0 Å². The van der Waals surface area contributed by atoms with Gasteiger partial charge in [-0.1, -0.05) is 26.0 Å². The Bertz CT molecular complexity index is 537. The standard InChI is InChI=1S/C15H23NO3S/c1-4-20(17,18)16-15-9-13(15)10-19-14-7-5-12(6-8-14)11(2)3/h5-8,11,13,15-16H,4,9-10H2,1-3H3/t13-,15-/m0/s1. The predicted molar refractivity (Wildman–Crippen MR) is 80.5 cm³/mol. The topological polar surface area (TPSA) is 55.4 Å². The third kappa shape index (κ3) is 4.21. The third-order valence-electron chi connectivity index (χ3n) is 3.64. The molecule has 1 aliphatic carbocycles. The summed E-state index contributed by atoms with van der Waals surface area (Å²) in [6.07, 6.45) is 0.864. The lowest BCUT2D eigenvalue weighted by Gasteiger charge is -2.09. The first-order chi connectivity index (χ1) is 9.41. The maximum atomic E-state index is 11.4. The molecule has 2 atom stereocenters. The Morgan fingerprint density at radius 1 is 1.30 bits per heavy atom. The highest BCUT2D eigenvalue weighted by atomic mass is 32.2. The Kier molecular flexibility index (Phi) is 4.70. The highest BCUT2D eigenvalue weighted by molar-refractivity contribution is 7.89. The van der Waals surface area contributed by atoms with Crippen LogP contribution in [0.4, 0.5) is 0 Å². The van der Waals surface area contributed by atoms with Crippen LogP contribution >= 0.6 is 0 Å². The molecule has 0 aromatic heterocycles. The number of hydrogen-bond acceptors (Lipinski definition) is 3. The summed E-state index contributed by atoms with van der Waals surface area (Å²) in [4.78, 5) is 0. The lowest BCUT2D eigenvalue weighted by Crippen LogP contribution is -2.29. The molecule has 1 aromatic carbocycles. The van der Waals surface area contributed by atoms with Crippen LogP contribution in [0.3, 0.4) is 0 Å². The maximum absolute atomic E-state index is 11.4. The van der Waals surface area contributed by atoms with Crippen molar-refractivity contribution in [3.8, 4) is 5.75 Å². The van der Waals surface area contributed by atoms with Crippen LogP contribution in [0, 0.1) is 5.92 Å². The van der Waals surface area contributed by atoms with Crippen molar-refractivity contribution in [2.75, 3.05) is 12.4 Å². The second-order valence-electron chi connectivity index (χ2n) is 5.66. The second kappa shape index (κ2) is 6.14. The molecule has 1 fully saturated rings. The Labute approximate surface area is 121 Å². The predicted octanol–water partition coefficient (Wildman–Crippen LogP) is 2.52. The Balaban J connectivity index is 1.77. The smallest absolute Gasteiger partial charge is 0.211 e. The van der Waals surface area contributed by atoms with Crippen molar-refractivity contribution < 1.29 is 13.2 Å². The van der Waals surface area contributed by atoms with E-state index >= 15 is 0 Å². The summed E-state index contributed by atoms with van der Waals surface area (Å²) >= 11 is 0. The van der Waals surface area contributed by atoms with Gasteiger partial charge in [-0.15, -0.1) is 0 Å². The van der Waals surface area contributed by atoms with Gasteiger partial charge in [0.2, 0.25) is 10.0 Å². The zero-order valence-electron chi connectivity index (χ0n) is 12.3. The molecule has 0 spiro atoms. The first-order valence-corrected chi connectivity index (χ1v) is 8.79. The fourth-order valence-corrected chi connectivity index (χ4v) is 2.96. The monoisotopic (exact) mass is 297 g/mol. The molecule has 4 nitrogen and oxygen atoms in total. The molecule has 112 valence electrons. The molecule has 1 saturated carbocycles. The number of benzene rings is 1. The molecule has 0 aliphatic heterocycles. The van der Waals surface area contributed by atoms with Crippen molar-refractivity contribution in [3.05, 3.63) is 29.8 Å². The minimum Gasteiger partial charge on any atom is -0.493 e.